The number of benzene rings is 1. The van der Waals surface area contributed by atoms with Gasteiger partial charge in [0.2, 0.25) is 0 Å². The molecule has 0 saturated heterocycles. The lowest BCUT2D eigenvalue weighted by Gasteiger charge is -2.06. The third-order valence-electron chi connectivity index (χ3n) is 2.50. The van der Waals surface area contributed by atoms with E-state index in [2.05, 4.69) is 0 Å². The van der Waals surface area contributed by atoms with Crippen molar-refractivity contribution in [1.29, 1.82) is 0 Å². The van der Waals surface area contributed by atoms with Crippen molar-refractivity contribution in [2.45, 2.75) is 0 Å². The minimum atomic E-state index is -0.966. The van der Waals surface area contributed by atoms with Crippen molar-refractivity contribution < 1.29 is 9.90 Å². The summed E-state index contributed by atoms with van der Waals surface area (Å²) in [5, 5.41) is 10.0. The Morgan fingerprint density at radius 2 is 1.76 bits per heavy atom. The van der Waals surface area contributed by atoms with E-state index in [4.69, 9.17) is 28.3 Å². The molecule has 3 nitrogen and oxygen atoms in total. The monoisotopic (exact) mass is 269 g/mol. The van der Waals surface area contributed by atoms with Gasteiger partial charge >= 0.3 is 5.97 Å². The second-order valence-electron chi connectivity index (χ2n) is 3.63. The molecule has 2 aromatic rings. The number of carboxylic acids is 1. The molecule has 0 radical (unpaired) electrons. The van der Waals surface area contributed by atoms with Crippen LogP contribution in [0.3, 0.4) is 0 Å². The van der Waals surface area contributed by atoms with E-state index in [1.54, 1.807) is 41.9 Å². The van der Waals surface area contributed by atoms with Crippen LogP contribution in [0, 0.1) is 0 Å². The largest absolute Gasteiger partial charge is 0.477 e. The normalized spacial score (nSPS) is 10.5. The first-order valence-electron chi connectivity index (χ1n) is 4.84. The molecule has 1 aromatic carbocycles. The summed E-state index contributed by atoms with van der Waals surface area (Å²) in [5.74, 6) is -0.966. The van der Waals surface area contributed by atoms with Gasteiger partial charge in [0, 0.05) is 28.4 Å². The smallest absolute Gasteiger partial charge is 0.352 e. The molecule has 2 rings (SSSR count). The number of hydrogen-bond acceptors (Lipinski definition) is 1. The average molecular weight is 270 g/mol. The van der Waals surface area contributed by atoms with Gasteiger partial charge in [0.25, 0.3) is 0 Å². The van der Waals surface area contributed by atoms with Crippen molar-refractivity contribution in [3.05, 3.63) is 46.1 Å². The quantitative estimate of drug-likeness (QED) is 0.904. The number of carboxylic acid groups (broad SMARTS) is 1. The number of aromatic nitrogens is 1. The van der Waals surface area contributed by atoms with Crippen LogP contribution in [0.1, 0.15) is 10.5 Å². The highest BCUT2D eigenvalue weighted by Crippen LogP contribution is 2.28. The summed E-state index contributed by atoms with van der Waals surface area (Å²) in [4.78, 5) is 10.9. The molecule has 0 atom stereocenters. The molecule has 88 valence electrons. The molecule has 0 saturated carbocycles. The first-order valence-corrected chi connectivity index (χ1v) is 5.60. The molecule has 1 N–H and O–H groups in total. The number of carbonyl (C=O) groups is 1. The van der Waals surface area contributed by atoms with Crippen LogP contribution in [0.2, 0.25) is 10.0 Å². The molecule has 0 aliphatic rings. The maximum absolute atomic E-state index is 10.9. The Hall–Kier alpha value is -1.45. The highest BCUT2D eigenvalue weighted by molar-refractivity contribution is 6.35. The average Bonchev–Trinajstić information content (AvgIpc) is 2.58. The maximum Gasteiger partial charge on any atom is 0.352 e. The lowest BCUT2D eigenvalue weighted by atomic mass is 10.1. The van der Waals surface area contributed by atoms with Gasteiger partial charge in [0.15, 0.2) is 0 Å². The molecule has 0 aliphatic heterocycles. The molecule has 0 amide bonds. The Kier molecular flexibility index (Phi) is 3.13. The van der Waals surface area contributed by atoms with Crippen molar-refractivity contribution in [1.82, 2.24) is 4.57 Å². The van der Waals surface area contributed by atoms with Crippen LogP contribution in [0.25, 0.3) is 11.3 Å². The first kappa shape index (κ1) is 12.0. The van der Waals surface area contributed by atoms with E-state index in [-0.39, 0.29) is 5.69 Å². The number of aromatic carboxylic acids is 1. The SMILES string of the molecule is Cn1c(C(=O)O)ccc1-c1cc(Cl)cc(Cl)c1. The standard InChI is InChI=1S/C12H9Cl2NO2/c1-15-10(2-3-11(15)12(16)17)7-4-8(13)6-9(14)5-7/h2-6H,1H3,(H,16,17). The topological polar surface area (TPSA) is 42.2 Å². The van der Waals surface area contributed by atoms with Gasteiger partial charge < -0.3 is 9.67 Å². The van der Waals surface area contributed by atoms with Crippen molar-refractivity contribution in [2.75, 3.05) is 0 Å². The predicted octanol–water partition coefficient (Wildman–Crippen LogP) is 3.70. The van der Waals surface area contributed by atoms with Gasteiger partial charge in [-0.3, -0.25) is 0 Å². The summed E-state index contributed by atoms with van der Waals surface area (Å²) >= 11 is 11.8. The highest BCUT2D eigenvalue weighted by Gasteiger charge is 2.12. The fourth-order valence-electron chi connectivity index (χ4n) is 1.72. The van der Waals surface area contributed by atoms with Crippen LogP contribution >= 0.6 is 23.2 Å². The minimum absolute atomic E-state index is 0.219. The third-order valence-corrected chi connectivity index (χ3v) is 2.94. The van der Waals surface area contributed by atoms with E-state index in [0.29, 0.717) is 10.0 Å². The van der Waals surface area contributed by atoms with Crippen molar-refractivity contribution in [3.63, 3.8) is 0 Å². The Morgan fingerprint density at radius 3 is 2.24 bits per heavy atom. The van der Waals surface area contributed by atoms with Crippen molar-refractivity contribution >= 4 is 29.2 Å². The number of hydrogen-bond donors (Lipinski definition) is 1. The van der Waals surface area contributed by atoms with Crippen molar-refractivity contribution in [3.8, 4) is 11.3 Å². The van der Waals surface area contributed by atoms with Gasteiger partial charge in [-0.25, -0.2) is 4.79 Å². The van der Waals surface area contributed by atoms with Gasteiger partial charge in [0.1, 0.15) is 5.69 Å². The molecule has 0 unspecified atom stereocenters. The summed E-state index contributed by atoms with van der Waals surface area (Å²) in [6, 6.07) is 8.40. The first-order chi connectivity index (χ1) is 7.99. The predicted molar refractivity (Wildman–Crippen MR) is 67.8 cm³/mol. The molecule has 0 aliphatic carbocycles. The second kappa shape index (κ2) is 4.43. The lowest BCUT2D eigenvalue weighted by Crippen LogP contribution is -2.05. The van der Waals surface area contributed by atoms with Gasteiger partial charge in [0.05, 0.1) is 0 Å². The molecular formula is C12H9Cl2NO2. The zero-order valence-electron chi connectivity index (χ0n) is 8.95. The molecule has 1 aromatic heterocycles. The van der Waals surface area contributed by atoms with E-state index in [0.717, 1.165) is 11.3 Å². The van der Waals surface area contributed by atoms with E-state index in [1.807, 2.05) is 0 Å². The Bertz CT molecular complexity index is 570. The summed E-state index contributed by atoms with van der Waals surface area (Å²) in [6.07, 6.45) is 0. The molecule has 5 heteroatoms. The van der Waals surface area contributed by atoms with Crippen LogP contribution < -0.4 is 0 Å². The van der Waals surface area contributed by atoms with Crippen LogP contribution in [-0.4, -0.2) is 15.6 Å². The van der Waals surface area contributed by atoms with Crippen molar-refractivity contribution in [2.24, 2.45) is 7.05 Å². The van der Waals surface area contributed by atoms with Gasteiger partial charge in [-0.2, -0.15) is 0 Å². The molecule has 0 bridgehead atoms. The Balaban J connectivity index is 2.57. The van der Waals surface area contributed by atoms with Crippen LogP contribution in [0.4, 0.5) is 0 Å². The maximum atomic E-state index is 10.9. The number of rotatable bonds is 2. The summed E-state index contributed by atoms with van der Waals surface area (Å²) in [6.45, 7) is 0. The van der Waals surface area contributed by atoms with Crippen LogP contribution in [-0.2, 0) is 7.05 Å². The second-order valence-corrected chi connectivity index (χ2v) is 4.50. The van der Waals surface area contributed by atoms with Crippen LogP contribution in [0.5, 0.6) is 0 Å². The number of halogens is 2. The minimum Gasteiger partial charge on any atom is -0.477 e. The summed E-state index contributed by atoms with van der Waals surface area (Å²) in [7, 11) is 1.69. The van der Waals surface area contributed by atoms with Crippen LogP contribution in [0.15, 0.2) is 30.3 Å². The zero-order chi connectivity index (χ0) is 12.6. The fraction of sp³-hybridized carbons (Fsp3) is 0.0833. The highest BCUT2D eigenvalue weighted by atomic mass is 35.5. The van der Waals surface area contributed by atoms with Gasteiger partial charge in [-0.05, 0) is 30.3 Å². The lowest BCUT2D eigenvalue weighted by molar-refractivity contribution is 0.0687. The summed E-state index contributed by atoms with van der Waals surface area (Å²) in [5.41, 5.74) is 1.76. The molecular weight excluding hydrogens is 261 g/mol. The summed E-state index contributed by atoms with van der Waals surface area (Å²) < 4.78 is 1.59. The Morgan fingerprint density at radius 1 is 1.18 bits per heavy atom. The van der Waals surface area contributed by atoms with Gasteiger partial charge in [-0.15, -0.1) is 0 Å². The van der Waals surface area contributed by atoms with Gasteiger partial charge in [-0.1, -0.05) is 23.2 Å². The van der Waals surface area contributed by atoms with E-state index in [9.17, 15) is 4.79 Å². The third kappa shape index (κ3) is 2.30. The molecule has 0 fully saturated rings. The zero-order valence-corrected chi connectivity index (χ0v) is 10.5. The van der Waals surface area contributed by atoms with E-state index >= 15 is 0 Å². The Labute approximate surface area is 108 Å². The van der Waals surface area contributed by atoms with E-state index < -0.39 is 5.97 Å². The van der Waals surface area contributed by atoms with E-state index in [1.165, 1.54) is 0 Å². The molecule has 0 spiro atoms. The number of nitrogens with zero attached hydrogens (tertiary/aromatic N) is 1. The molecule has 17 heavy (non-hydrogen) atoms. The fourth-order valence-corrected chi connectivity index (χ4v) is 2.24. The molecule has 1 heterocycles.